The summed E-state index contributed by atoms with van der Waals surface area (Å²) in [6.45, 7) is 0.437. The first-order valence-electron chi connectivity index (χ1n) is 9.79. The number of benzene rings is 1. The molecule has 1 aromatic carbocycles. The smallest absolute Gasteiger partial charge is 0.174 e. The van der Waals surface area contributed by atoms with Crippen LogP contribution in [0.5, 0.6) is 11.5 Å². The molecule has 116 valence electrons. The number of nitrogens with zero attached hydrogens (tertiary/aromatic N) is 1. The van der Waals surface area contributed by atoms with Crippen LogP contribution >= 0.6 is 0 Å². The maximum Gasteiger partial charge on any atom is 0.174 e. The maximum absolute atomic E-state index is 12.8. The topological polar surface area (TPSA) is 38.8 Å². The van der Waals surface area contributed by atoms with Crippen LogP contribution in [0, 0.1) is 5.89 Å². The Balaban J connectivity index is 1.96. The number of likely N-dealkylation sites (N-methyl/N-ethyl adjacent to an activating group) is 1. The lowest BCUT2D eigenvalue weighted by Gasteiger charge is -2.57. The van der Waals surface area contributed by atoms with Gasteiger partial charge in [-0.05, 0) is 50.3 Å². The van der Waals surface area contributed by atoms with Crippen molar-refractivity contribution in [2.45, 2.75) is 43.2 Å². The number of carbonyl (C=O) groups excluding carboxylic acids is 1. The molecule has 4 nitrogen and oxygen atoms in total. The summed E-state index contributed by atoms with van der Waals surface area (Å²) >= 11 is 0. The number of ether oxygens (including phenoxy) is 2. The zero-order valence-corrected chi connectivity index (χ0v) is 12.7. The molecule has 4 atom stereocenters. The molecule has 2 bridgehead atoms. The van der Waals surface area contributed by atoms with E-state index in [-0.39, 0.29) is 18.6 Å². The molecule has 1 aromatic rings. The third kappa shape index (κ3) is 1.27. The number of likely N-dealkylation sites (tertiary alicyclic amines) is 1. The van der Waals surface area contributed by atoms with Crippen molar-refractivity contribution >= 4 is 5.78 Å². The van der Waals surface area contributed by atoms with Crippen molar-refractivity contribution in [2.24, 2.45) is 5.89 Å². The summed E-state index contributed by atoms with van der Waals surface area (Å²) in [6, 6.07) is 1.48. The highest BCUT2D eigenvalue weighted by Crippen LogP contribution is 2.62. The highest BCUT2D eigenvalue weighted by atomic mass is 16.5. The zero-order chi connectivity index (χ0) is 18.7. The van der Waals surface area contributed by atoms with E-state index in [2.05, 4.69) is 0 Å². The molecule has 1 spiro atoms. The molecule has 1 unspecified atom stereocenters. The number of methoxy groups -OCH3 is 1. The molecular formula is C18H21NO3. The molecular weight excluding hydrogens is 278 g/mol. The van der Waals surface area contributed by atoms with Crippen molar-refractivity contribution in [3.63, 3.8) is 0 Å². The van der Waals surface area contributed by atoms with Gasteiger partial charge < -0.3 is 14.4 Å². The fraction of sp³-hybridized carbons (Fsp3) is 0.611. The Morgan fingerprint density at radius 1 is 1.55 bits per heavy atom. The van der Waals surface area contributed by atoms with Crippen LogP contribution in [0.3, 0.4) is 0 Å². The second-order valence-electron chi connectivity index (χ2n) is 6.58. The van der Waals surface area contributed by atoms with Gasteiger partial charge in [-0.25, -0.2) is 0 Å². The number of Topliss-reactive ketones (excluding diaryl/α,β-unsaturated/α-hetero) is 1. The molecule has 0 aromatic heterocycles. The number of carbonyl (C=O) groups is 1. The van der Waals surface area contributed by atoms with E-state index >= 15 is 0 Å². The van der Waals surface area contributed by atoms with Gasteiger partial charge in [0.25, 0.3) is 0 Å². The first-order valence-corrected chi connectivity index (χ1v) is 7.79. The third-order valence-electron chi connectivity index (χ3n) is 5.69. The molecule has 2 aliphatic heterocycles. The van der Waals surface area contributed by atoms with Gasteiger partial charge in [0.1, 0.15) is 0 Å². The number of hydrogen-bond acceptors (Lipinski definition) is 4. The Morgan fingerprint density at radius 2 is 2.41 bits per heavy atom. The van der Waals surface area contributed by atoms with Gasteiger partial charge in [0.15, 0.2) is 23.4 Å². The Morgan fingerprint density at radius 3 is 3.23 bits per heavy atom. The van der Waals surface area contributed by atoms with Gasteiger partial charge in [-0.15, -0.1) is 0 Å². The van der Waals surface area contributed by atoms with E-state index in [1.807, 2.05) is 0 Å². The molecule has 1 saturated carbocycles. The molecule has 4 heteroatoms. The molecule has 0 N–H and O–H groups in total. The van der Waals surface area contributed by atoms with Crippen LogP contribution in [0.2, 0.25) is 0 Å². The van der Waals surface area contributed by atoms with Gasteiger partial charge in [-0.3, -0.25) is 4.79 Å². The Kier molecular flexibility index (Phi) is 1.76. The molecule has 2 heterocycles. The maximum atomic E-state index is 12.8. The Labute approximate surface area is 136 Å². The quantitative estimate of drug-likeness (QED) is 0.795. The van der Waals surface area contributed by atoms with Crippen molar-refractivity contribution in [2.75, 3.05) is 20.7 Å². The highest BCUT2D eigenvalue weighted by molar-refractivity contribution is 5.89. The van der Waals surface area contributed by atoms with Crippen LogP contribution < -0.4 is 9.47 Å². The predicted molar refractivity (Wildman–Crippen MR) is 81.6 cm³/mol. The standard InChI is InChI=1S/C18H21NO3/c1-19-8-7-18-11-4-5-13(20)17(18)22-16-14(21-2)6-3-10(15(16)18)9-12(11)19/h3,6,11-12,17H,4-5,7-9H2,1-2H3/t11-,12+,17?,18-/m0/s1/i9D2,11D,12D. The SMILES string of the molecule is [2H]C1([2H])c2ccc(OC)c3c2[C@]24CCN(C)[C@@]1([2H])[C@]2([2H])CCC(=O)C4O3. The minimum atomic E-state index is -2.08. The van der Waals surface area contributed by atoms with Crippen LogP contribution in [0.1, 0.15) is 35.9 Å². The van der Waals surface area contributed by atoms with Gasteiger partial charge >= 0.3 is 0 Å². The molecule has 5 rings (SSSR count). The third-order valence-corrected chi connectivity index (χ3v) is 5.69. The van der Waals surface area contributed by atoms with Crippen LogP contribution in [0.25, 0.3) is 0 Å². The van der Waals surface area contributed by atoms with Crippen molar-refractivity contribution in [3.05, 3.63) is 23.3 Å². The van der Waals surface area contributed by atoms with E-state index in [0.29, 0.717) is 35.6 Å². The largest absolute Gasteiger partial charge is 0.493 e. The first-order chi connectivity index (χ1) is 12.2. The monoisotopic (exact) mass is 303 g/mol. The van der Waals surface area contributed by atoms with Gasteiger partial charge in [0.05, 0.1) is 7.11 Å². The number of rotatable bonds is 1. The van der Waals surface area contributed by atoms with E-state index in [1.165, 1.54) is 7.11 Å². The molecule has 2 fully saturated rings. The summed E-state index contributed by atoms with van der Waals surface area (Å²) in [6.07, 6.45) is -2.13. The summed E-state index contributed by atoms with van der Waals surface area (Å²) < 4.78 is 48.0. The minimum Gasteiger partial charge on any atom is -0.493 e. The molecule has 22 heavy (non-hydrogen) atoms. The van der Waals surface area contributed by atoms with E-state index in [9.17, 15) is 7.54 Å². The Hall–Kier alpha value is -1.55. The van der Waals surface area contributed by atoms with Crippen LogP contribution in [-0.4, -0.2) is 43.5 Å². The van der Waals surface area contributed by atoms with E-state index in [4.69, 9.17) is 12.2 Å². The fourth-order valence-electron chi connectivity index (χ4n) is 4.71. The predicted octanol–water partition coefficient (Wildman–Crippen LogP) is 1.93. The van der Waals surface area contributed by atoms with Crippen LogP contribution in [0.15, 0.2) is 12.1 Å². The molecule has 1 saturated heterocycles. The average Bonchev–Trinajstić information content (AvgIpc) is 2.96. The number of piperidine rings is 1. The minimum absolute atomic E-state index is 0.0635. The zero-order valence-electron chi connectivity index (χ0n) is 16.7. The van der Waals surface area contributed by atoms with E-state index in [0.717, 1.165) is 0 Å². The summed E-state index contributed by atoms with van der Waals surface area (Å²) in [7, 11) is 3.22. The van der Waals surface area contributed by atoms with Crippen molar-refractivity contribution in [1.82, 2.24) is 4.90 Å². The summed E-state index contributed by atoms with van der Waals surface area (Å²) in [5.74, 6) is -0.710. The Bertz CT molecular complexity index is 861. The van der Waals surface area contributed by atoms with Crippen molar-refractivity contribution in [3.8, 4) is 11.5 Å². The van der Waals surface area contributed by atoms with Gasteiger partial charge in [-0.1, -0.05) is 6.07 Å². The van der Waals surface area contributed by atoms with Gasteiger partial charge in [0, 0.05) is 28.9 Å². The lowest BCUT2D eigenvalue weighted by molar-refractivity contribution is -0.138. The first kappa shape index (κ1) is 9.56. The van der Waals surface area contributed by atoms with Gasteiger partial charge in [-0.2, -0.15) is 0 Å². The summed E-state index contributed by atoms with van der Waals surface area (Å²) in [5.41, 5.74) is -0.0534. The lowest BCUT2D eigenvalue weighted by atomic mass is 9.52. The normalized spacial score (nSPS) is 50.1. The molecule has 2 aliphatic carbocycles. The van der Waals surface area contributed by atoms with E-state index < -0.39 is 29.8 Å². The van der Waals surface area contributed by atoms with Crippen molar-refractivity contribution < 1.29 is 19.8 Å². The lowest BCUT2D eigenvalue weighted by Crippen LogP contribution is -2.65. The second-order valence-corrected chi connectivity index (χ2v) is 6.58. The molecule has 4 aliphatic rings. The van der Waals surface area contributed by atoms with E-state index in [1.54, 1.807) is 24.1 Å². The fourth-order valence-corrected chi connectivity index (χ4v) is 4.71. The average molecular weight is 303 g/mol. The highest BCUT2D eigenvalue weighted by Gasteiger charge is 2.65. The molecule has 0 radical (unpaired) electrons. The number of ketones is 1. The second kappa shape index (κ2) is 4.05. The van der Waals surface area contributed by atoms with Crippen LogP contribution in [0.4, 0.5) is 0 Å². The number of hydrogen-bond donors (Lipinski definition) is 0. The summed E-state index contributed by atoms with van der Waals surface area (Å²) in [4.78, 5) is 14.4. The van der Waals surface area contributed by atoms with Crippen molar-refractivity contribution in [1.29, 1.82) is 0 Å². The van der Waals surface area contributed by atoms with Gasteiger partial charge in [0.2, 0.25) is 0 Å². The van der Waals surface area contributed by atoms with Crippen LogP contribution in [-0.2, 0) is 16.6 Å². The molecule has 0 amide bonds. The summed E-state index contributed by atoms with van der Waals surface area (Å²) in [5, 5.41) is 0.